The van der Waals surface area contributed by atoms with E-state index in [4.69, 9.17) is 21.6 Å². The second kappa shape index (κ2) is 5.77. The number of halogens is 1. The first-order valence-electron chi connectivity index (χ1n) is 6.07. The molecule has 2 rings (SSSR count). The van der Waals surface area contributed by atoms with Gasteiger partial charge in [0.1, 0.15) is 17.6 Å². The van der Waals surface area contributed by atoms with Gasteiger partial charge in [-0.05, 0) is 35.7 Å². The highest BCUT2D eigenvalue weighted by atomic mass is 35.5. The number of hydrogen-bond donors (Lipinski definition) is 0. The lowest BCUT2D eigenvalue weighted by Crippen LogP contribution is -1.90. The van der Waals surface area contributed by atoms with E-state index in [1.807, 2.05) is 24.3 Å². The molecular formula is C16H14ClNO. The minimum atomic E-state index is 0.403. The van der Waals surface area contributed by atoms with E-state index in [0.717, 1.165) is 5.75 Å². The summed E-state index contributed by atoms with van der Waals surface area (Å²) in [4.78, 5) is 0. The van der Waals surface area contributed by atoms with Gasteiger partial charge in [0, 0.05) is 6.07 Å². The number of ether oxygens (including phenoxy) is 1. The average Bonchev–Trinajstić information content (AvgIpc) is 2.39. The van der Waals surface area contributed by atoms with Crippen molar-refractivity contribution in [1.29, 1.82) is 5.26 Å². The Morgan fingerprint density at radius 1 is 1.11 bits per heavy atom. The largest absolute Gasteiger partial charge is 0.457 e. The van der Waals surface area contributed by atoms with Crippen LogP contribution in [0, 0.1) is 11.3 Å². The molecule has 0 aliphatic heterocycles. The molecule has 0 unspecified atom stereocenters. The molecule has 2 aromatic rings. The van der Waals surface area contributed by atoms with Gasteiger partial charge in [0.25, 0.3) is 0 Å². The lowest BCUT2D eigenvalue weighted by Gasteiger charge is -2.10. The molecule has 0 aliphatic carbocycles. The molecule has 0 bridgehead atoms. The SMILES string of the molecule is CC(C)c1cccc(Oc2ccc(C#N)c(Cl)c2)c1. The third-order valence-corrected chi connectivity index (χ3v) is 3.13. The van der Waals surface area contributed by atoms with Gasteiger partial charge in [-0.25, -0.2) is 0 Å². The summed E-state index contributed by atoms with van der Waals surface area (Å²) < 4.78 is 5.76. The van der Waals surface area contributed by atoms with Crippen molar-refractivity contribution in [1.82, 2.24) is 0 Å². The summed E-state index contributed by atoms with van der Waals surface area (Å²) in [6.07, 6.45) is 0. The highest BCUT2D eigenvalue weighted by molar-refractivity contribution is 6.31. The van der Waals surface area contributed by atoms with Crippen LogP contribution in [0.15, 0.2) is 42.5 Å². The van der Waals surface area contributed by atoms with Crippen LogP contribution in [0.2, 0.25) is 5.02 Å². The maximum atomic E-state index is 8.82. The van der Waals surface area contributed by atoms with Crippen LogP contribution in [0.5, 0.6) is 11.5 Å². The maximum absolute atomic E-state index is 8.82. The Bertz CT molecular complexity index is 629. The lowest BCUT2D eigenvalue weighted by molar-refractivity contribution is 0.481. The van der Waals surface area contributed by atoms with Gasteiger partial charge < -0.3 is 4.74 Å². The van der Waals surface area contributed by atoms with E-state index in [1.165, 1.54) is 5.56 Å². The first-order valence-corrected chi connectivity index (χ1v) is 6.45. The summed E-state index contributed by atoms with van der Waals surface area (Å²) in [7, 11) is 0. The first kappa shape index (κ1) is 13.5. The summed E-state index contributed by atoms with van der Waals surface area (Å²) in [6.45, 7) is 4.27. The Morgan fingerprint density at radius 2 is 1.84 bits per heavy atom. The third kappa shape index (κ3) is 3.27. The third-order valence-electron chi connectivity index (χ3n) is 2.82. The van der Waals surface area contributed by atoms with Gasteiger partial charge in [0.05, 0.1) is 10.6 Å². The molecule has 0 N–H and O–H groups in total. The maximum Gasteiger partial charge on any atom is 0.129 e. The van der Waals surface area contributed by atoms with Crippen molar-refractivity contribution in [2.45, 2.75) is 19.8 Å². The number of hydrogen-bond acceptors (Lipinski definition) is 2. The second-order valence-electron chi connectivity index (χ2n) is 4.58. The number of nitriles is 1. The van der Waals surface area contributed by atoms with Crippen molar-refractivity contribution in [3.63, 3.8) is 0 Å². The summed E-state index contributed by atoms with van der Waals surface area (Å²) in [5, 5.41) is 9.22. The van der Waals surface area contributed by atoms with Gasteiger partial charge in [0.15, 0.2) is 0 Å². The van der Waals surface area contributed by atoms with Crippen molar-refractivity contribution in [2.24, 2.45) is 0 Å². The Balaban J connectivity index is 2.24. The van der Waals surface area contributed by atoms with E-state index in [0.29, 0.717) is 22.3 Å². The molecule has 0 atom stereocenters. The van der Waals surface area contributed by atoms with Gasteiger partial charge in [-0.15, -0.1) is 0 Å². The van der Waals surface area contributed by atoms with Gasteiger partial charge in [-0.2, -0.15) is 5.26 Å². The standard InChI is InChI=1S/C16H14ClNO/c1-11(2)12-4-3-5-14(8-12)19-15-7-6-13(10-18)16(17)9-15/h3-9,11H,1-2H3. The number of nitrogens with zero attached hydrogens (tertiary/aromatic N) is 1. The lowest BCUT2D eigenvalue weighted by atomic mass is 10.0. The fourth-order valence-electron chi connectivity index (χ4n) is 1.72. The average molecular weight is 272 g/mol. The molecule has 0 heterocycles. The molecule has 3 heteroatoms. The Morgan fingerprint density at radius 3 is 2.47 bits per heavy atom. The van der Waals surface area contributed by atoms with E-state index in [2.05, 4.69) is 19.9 Å². The van der Waals surface area contributed by atoms with Crippen molar-refractivity contribution >= 4 is 11.6 Å². The van der Waals surface area contributed by atoms with Crippen molar-refractivity contribution < 1.29 is 4.74 Å². The van der Waals surface area contributed by atoms with E-state index in [1.54, 1.807) is 18.2 Å². The zero-order valence-electron chi connectivity index (χ0n) is 10.9. The molecule has 0 saturated heterocycles. The molecule has 0 radical (unpaired) electrons. The fraction of sp³-hybridized carbons (Fsp3) is 0.188. The van der Waals surface area contributed by atoms with Crippen molar-refractivity contribution in [2.75, 3.05) is 0 Å². The van der Waals surface area contributed by atoms with E-state index < -0.39 is 0 Å². The summed E-state index contributed by atoms with van der Waals surface area (Å²) in [5.74, 6) is 1.85. The van der Waals surface area contributed by atoms with Crippen LogP contribution in [-0.4, -0.2) is 0 Å². The van der Waals surface area contributed by atoms with Crippen molar-refractivity contribution in [3.8, 4) is 17.6 Å². The fourth-order valence-corrected chi connectivity index (χ4v) is 1.94. The molecule has 0 saturated carbocycles. The molecule has 0 spiro atoms. The molecule has 2 aromatic carbocycles. The zero-order chi connectivity index (χ0) is 13.8. The van der Waals surface area contributed by atoms with Crippen molar-refractivity contribution in [3.05, 3.63) is 58.6 Å². The summed E-state index contributed by atoms with van der Waals surface area (Å²) in [6, 6.07) is 15.0. The Hall–Kier alpha value is -1.98. The van der Waals surface area contributed by atoms with E-state index in [9.17, 15) is 0 Å². The van der Waals surface area contributed by atoms with Crippen LogP contribution in [-0.2, 0) is 0 Å². The molecule has 0 aliphatic rings. The molecule has 0 aromatic heterocycles. The molecule has 0 amide bonds. The van der Waals surface area contributed by atoms with E-state index in [-0.39, 0.29) is 0 Å². The monoisotopic (exact) mass is 271 g/mol. The van der Waals surface area contributed by atoms with Gasteiger partial charge >= 0.3 is 0 Å². The topological polar surface area (TPSA) is 33.0 Å². The summed E-state index contributed by atoms with van der Waals surface area (Å²) in [5.41, 5.74) is 1.67. The second-order valence-corrected chi connectivity index (χ2v) is 4.99. The van der Waals surface area contributed by atoms with Crippen LogP contribution in [0.25, 0.3) is 0 Å². The Labute approximate surface area is 118 Å². The van der Waals surface area contributed by atoms with Gasteiger partial charge in [-0.3, -0.25) is 0 Å². The molecule has 96 valence electrons. The quantitative estimate of drug-likeness (QED) is 0.775. The smallest absolute Gasteiger partial charge is 0.129 e. The predicted octanol–water partition coefficient (Wildman–Crippen LogP) is 5.13. The first-order chi connectivity index (χ1) is 9.10. The van der Waals surface area contributed by atoms with Gasteiger partial charge in [0.2, 0.25) is 0 Å². The molecule has 19 heavy (non-hydrogen) atoms. The normalized spacial score (nSPS) is 10.3. The highest BCUT2D eigenvalue weighted by Crippen LogP contribution is 2.28. The molecule has 2 nitrogen and oxygen atoms in total. The van der Waals surface area contributed by atoms with Crippen LogP contribution >= 0.6 is 11.6 Å². The minimum Gasteiger partial charge on any atom is -0.457 e. The summed E-state index contributed by atoms with van der Waals surface area (Å²) >= 11 is 5.97. The van der Waals surface area contributed by atoms with Crippen LogP contribution in [0.3, 0.4) is 0 Å². The molecular weight excluding hydrogens is 258 g/mol. The van der Waals surface area contributed by atoms with Crippen LogP contribution in [0.1, 0.15) is 30.9 Å². The zero-order valence-corrected chi connectivity index (χ0v) is 11.6. The highest BCUT2D eigenvalue weighted by Gasteiger charge is 2.05. The minimum absolute atomic E-state index is 0.403. The Kier molecular flexibility index (Phi) is 4.09. The van der Waals surface area contributed by atoms with E-state index >= 15 is 0 Å². The number of benzene rings is 2. The van der Waals surface area contributed by atoms with Crippen LogP contribution < -0.4 is 4.74 Å². The molecule has 0 fully saturated rings. The predicted molar refractivity (Wildman–Crippen MR) is 76.8 cm³/mol. The van der Waals surface area contributed by atoms with Gasteiger partial charge in [-0.1, -0.05) is 37.6 Å². The number of rotatable bonds is 3. The van der Waals surface area contributed by atoms with Crippen LogP contribution in [0.4, 0.5) is 0 Å².